The molecule has 2 N–H and O–H groups in total. The van der Waals surface area contributed by atoms with Gasteiger partial charge in [0.2, 0.25) is 6.41 Å². The van der Waals surface area contributed by atoms with Crippen LogP contribution >= 0.6 is 0 Å². The van der Waals surface area contributed by atoms with E-state index in [4.69, 9.17) is 10.2 Å². The Morgan fingerprint density at radius 3 is 2.20 bits per heavy atom. The molecular weight excluding hydrogens is 134 g/mol. The molecule has 1 heterocycles. The molecule has 0 bridgehead atoms. The maximum atomic E-state index is 10.2. The molecule has 0 aromatic heterocycles. The lowest BCUT2D eigenvalue weighted by molar-refractivity contribution is -0.135. The van der Waals surface area contributed by atoms with Crippen LogP contribution in [0.3, 0.4) is 0 Å². The first-order valence-electron chi connectivity index (χ1n) is 3.28. The average molecular weight is 145 g/mol. The van der Waals surface area contributed by atoms with Gasteiger partial charge in [-0.3, -0.25) is 4.79 Å². The summed E-state index contributed by atoms with van der Waals surface area (Å²) in [5.41, 5.74) is 0. The number of likely N-dealkylation sites (tertiary alicyclic amines) is 1. The fraction of sp³-hybridized carbons (Fsp3) is 0.833. The largest absolute Gasteiger partial charge is 0.394 e. The molecule has 4 heteroatoms. The predicted octanol–water partition coefficient (Wildman–Crippen LogP) is -1.43. The lowest BCUT2D eigenvalue weighted by Crippen LogP contribution is -2.58. The Morgan fingerprint density at radius 1 is 1.40 bits per heavy atom. The van der Waals surface area contributed by atoms with Crippen molar-refractivity contribution in [3.05, 3.63) is 0 Å². The maximum Gasteiger partial charge on any atom is 0.210 e. The molecule has 1 rings (SSSR count). The lowest BCUT2D eigenvalue weighted by Gasteiger charge is -2.44. The lowest BCUT2D eigenvalue weighted by atomic mass is 9.95. The van der Waals surface area contributed by atoms with E-state index in [-0.39, 0.29) is 25.3 Å². The molecule has 0 aromatic carbocycles. The molecule has 0 unspecified atom stereocenters. The molecule has 0 spiro atoms. The number of amides is 1. The third kappa shape index (κ3) is 0.998. The summed E-state index contributed by atoms with van der Waals surface area (Å²) in [6.45, 7) is -0.00944. The Hall–Kier alpha value is -0.610. The number of hydrogen-bond donors (Lipinski definition) is 2. The number of rotatable bonds is 3. The monoisotopic (exact) mass is 145 g/mol. The molecule has 1 saturated heterocycles. The molecule has 1 aliphatic rings. The van der Waals surface area contributed by atoms with Crippen LogP contribution in [0.2, 0.25) is 0 Å². The number of aliphatic hydroxyl groups excluding tert-OH is 2. The van der Waals surface area contributed by atoms with E-state index in [0.717, 1.165) is 0 Å². The van der Waals surface area contributed by atoms with E-state index in [9.17, 15) is 4.79 Å². The van der Waals surface area contributed by atoms with Gasteiger partial charge < -0.3 is 15.1 Å². The quantitative estimate of drug-likeness (QED) is 0.479. The van der Waals surface area contributed by atoms with Gasteiger partial charge in [0.25, 0.3) is 0 Å². The van der Waals surface area contributed by atoms with E-state index in [1.54, 1.807) is 0 Å². The molecule has 1 aliphatic heterocycles. The van der Waals surface area contributed by atoms with Crippen molar-refractivity contribution < 1.29 is 15.0 Å². The molecule has 0 radical (unpaired) electrons. The first kappa shape index (κ1) is 7.50. The van der Waals surface area contributed by atoms with Crippen LogP contribution in [-0.4, -0.2) is 46.8 Å². The Bertz CT molecular complexity index is 118. The molecular formula is C6H11NO3. The van der Waals surface area contributed by atoms with Crippen LogP contribution < -0.4 is 0 Å². The van der Waals surface area contributed by atoms with Gasteiger partial charge in [0.05, 0.1) is 25.3 Å². The van der Waals surface area contributed by atoms with Gasteiger partial charge in [-0.15, -0.1) is 0 Å². The van der Waals surface area contributed by atoms with Gasteiger partial charge in [0.1, 0.15) is 0 Å². The second-order valence-corrected chi connectivity index (χ2v) is 2.46. The van der Waals surface area contributed by atoms with E-state index in [1.807, 2.05) is 0 Å². The molecule has 1 fully saturated rings. The molecule has 1 amide bonds. The highest BCUT2D eigenvalue weighted by Crippen LogP contribution is 2.22. The van der Waals surface area contributed by atoms with Crippen LogP contribution in [0.15, 0.2) is 0 Å². The van der Waals surface area contributed by atoms with Crippen molar-refractivity contribution in [2.45, 2.75) is 18.5 Å². The van der Waals surface area contributed by atoms with Crippen LogP contribution in [0.25, 0.3) is 0 Å². The van der Waals surface area contributed by atoms with Gasteiger partial charge in [0, 0.05) is 0 Å². The minimum absolute atomic E-state index is 0.00472. The van der Waals surface area contributed by atoms with Gasteiger partial charge in [-0.2, -0.15) is 0 Å². The Labute approximate surface area is 59.1 Å². The second-order valence-electron chi connectivity index (χ2n) is 2.46. The minimum Gasteiger partial charge on any atom is -0.394 e. The molecule has 0 saturated carbocycles. The van der Waals surface area contributed by atoms with Crippen molar-refractivity contribution in [2.24, 2.45) is 0 Å². The van der Waals surface area contributed by atoms with Crippen LogP contribution in [0, 0.1) is 0 Å². The van der Waals surface area contributed by atoms with Crippen LogP contribution in [0.1, 0.15) is 6.42 Å². The number of carbonyl (C=O) groups excluding carboxylic acids is 1. The van der Waals surface area contributed by atoms with Crippen LogP contribution in [0.4, 0.5) is 0 Å². The van der Waals surface area contributed by atoms with Gasteiger partial charge >= 0.3 is 0 Å². The topological polar surface area (TPSA) is 60.8 Å². The predicted molar refractivity (Wildman–Crippen MR) is 34.3 cm³/mol. The fourth-order valence-electron chi connectivity index (χ4n) is 1.23. The Morgan fingerprint density at radius 2 is 1.90 bits per heavy atom. The van der Waals surface area contributed by atoms with E-state index in [1.165, 1.54) is 4.90 Å². The summed E-state index contributed by atoms with van der Waals surface area (Å²) in [4.78, 5) is 11.7. The minimum atomic E-state index is -0.0605. The van der Waals surface area contributed by atoms with Crippen LogP contribution in [0.5, 0.6) is 0 Å². The van der Waals surface area contributed by atoms with E-state index in [2.05, 4.69) is 0 Å². The zero-order chi connectivity index (χ0) is 7.56. The Balaban J connectivity index is 2.37. The highest BCUT2D eigenvalue weighted by atomic mass is 16.3. The highest BCUT2D eigenvalue weighted by Gasteiger charge is 2.35. The highest BCUT2D eigenvalue weighted by molar-refractivity contribution is 5.50. The van der Waals surface area contributed by atoms with E-state index in [0.29, 0.717) is 12.8 Å². The standard InChI is InChI=1S/C6H11NO3/c8-2-5-1-6(3-9)7(5)4-10/h4-6,8-9H,1-3H2/t5-,6-/m1/s1. The van der Waals surface area contributed by atoms with Crippen LogP contribution in [-0.2, 0) is 4.79 Å². The smallest absolute Gasteiger partial charge is 0.210 e. The summed E-state index contributed by atoms with van der Waals surface area (Å²) in [7, 11) is 0. The van der Waals surface area contributed by atoms with E-state index < -0.39 is 0 Å². The van der Waals surface area contributed by atoms with Crippen molar-refractivity contribution >= 4 is 6.41 Å². The first-order chi connectivity index (χ1) is 4.83. The Kier molecular flexibility index (Phi) is 2.24. The summed E-state index contributed by atoms with van der Waals surface area (Å²) in [6, 6.07) is -0.121. The normalized spacial score (nSPS) is 31.6. The number of aliphatic hydroxyl groups is 2. The summed E-state index contributed by atoms with van der Waals surface area (Å²) in [5, 5.41) is 17.2. The van der Waals surface area contributed by atoms with Gasteiger partial charge in [-0.1, -0.05) is 0 Å². The third-order valence-corrected chi connectivity index (χ3v) is 1.93. The summed E-state index contributed by atoms with van der Waals surface area (Å²) in [6.07, 6.45) is 1.39. The van der Waals surface area contributed by atoms with Gasteiger partial charge in [-0.25, -0.2) is 0 Å². The number of carbonyl (C=O) groups is 1. The van der Waals surface area contributed by atoms with E-state index >= 15 is 0 Å². The molecule has 10 heavy (non-hydrogen) atoms. The van der Waals surface area contributed by atoms with Crippen molar-refractivity contribution in [1.82, 2.24) is 4.90 Å². The molecule has 2 atom stereocenters. The fourth-order valence-corrected chi connectivity index (χ4v) is 1.23. The third-order valence-electron chi connectivity index (χ3n) is 1.93. The molecule has 58 valence electrons. The average Bonchev–Trinajstić information content (AvgIpc) is 1.89. The van der Waals surface area contributed by atoms with Crippen molar-refractivity contribution in [3.8, 4) is 0 Å². The summed E-state index contributed by atoms with van der Waals surface area (Å²) in [5.74, 6) is 0. The number of hydrogen-bond acceptors (Lipinski definition) is 3. The summed E-state index contributed by atoms with van der Waals surface area (Å²) < 4.78 is 0. The van der Waals surface area contributed by atoms with Crippen molar-refractivity contribution in [2.75, 3.05) is 13.2 Å². The molecule has 0 aromatic rings. The zero-order valence-corrected chi connectivity index (χ0v) is 5.60. The molecule has 4 nitrogen and oxygen atoms in total. The summed E-state index contributed by atoms with van der Waals surface area (Å²) >= 11 is 0. The maximum absolute atomic E-state index is 10.2. The van der Waals surface area contributed by atoms with Gasteiger partial charge in [0.15, 0.2) is 0 Å². The second kappa shape index (κ2) is 2.98. The van der Waals surface area contributed by atoms with Crippen molar-refractivity contribution in [3.63, 3.8) is 0 Å². The van der Waals surface area contributed by atoms with Gasteiger partial charge in [-0.05, 0) is 6.42 Å². The first-order valence-corrected chi connectivity index (χ1v) is 3.28. The zero-order valence-electron chi connectivity index (χ0n) is 5.60. The molecule has 0 aliphatic carbocycles. The van der Waals surface area contributed by atoms with Crippen molar-refractivity contribution in [1.29, 1.82) is 0 Å². The number of nitrogens with zero attached hydrogens (tertiary/aromatic N) is 1. The SMILES string of the molecule is O=CN1[C@@H](CO)C[C@@H]1CO.